The number of alkyl halides is 3. The molecule has 0 unspecified atom stereocenters. The minimum absolute atomic E-state index is 0.0296. The number of nitrogens with zero attached hydrogens (tertiary/aromatic N) is 4. The minimum atomic E-state index is -4.53. The van der Waals surface area contributed by atoms with E-state index in [-0.39, 0.29) is 11.8 Å². The topological polar surface area (TPSA) is 67.7 Å². The van der Waals surface area contributed by atoms with Gasteiger partial charge in [-0.25, -0.2) is 4.98 Å². The van der Waals surface area contributed by atoms with Gasteiger partial charge in [-0.05, 0) is 6.92 Å². The first-order valence-corrected chi connectivity index (χ1v) is 5.85. The SMILES string of the molecule is CCNc1nc(Nc2ccn(C)n2)cc(C(F)(F)F)n1. The Morgan fingerprint density at radius 3 is 2.55 bits per heavy atom. The molecule has 108 valence electrons. The number of aromatic nitrogens is 4. The van der Waals surface area contributed by atoms with Gasteiger partial charge >= 0.3 is 6.18 Å². The molecule has 0 spiro atoms. The van der Waals surface area contributed by atoms with Crippen LogP contribution in [0.15, 0.2) is 18.3 Å². The molecule has 2 heterocycles. The summed E-state index contributed by atoms with van der Waals surface area (Å²) in [6, 6.07) is 2.47. The quantitative estimate of drug-likeness (QED) is 0.903. The second kappa shape index (κ2) is 5.35. The maximum Gasteiger partial charge on any atom is 0.433 e. The van der Waals surface area contributed by atoms with Crippen LogP contribution >= 0.6 is 0 Å². The normalized spacial score (nSPS) is 11.4. The van der Waals surface area contributed by atoms with Gasteiger partial charge in [-0.2, -0.15) is 23.3 Å². The summed E-state index contributed by atoms with van der Waals surface area (Å²) in [5.74, 6) is 0.351. The smallest absolute Gasteiger partial charge is 0.354 e. The van der Waals surface area contributed by atoms with Crippen molar-refractivity contribution in [3.8, 4) is 0 Å². The number of hydrogen-bond donors (Lipinski definition) is 2. The molecule has 0 aliphatic rings. The molecule has 0 aliphatic carbocycles. The third-order valence-electron chi connectivity index (χ3n) is 2.32. The van der Waals surface area contributed by atoms with Crippen LogP contribution in [0.3, 0.4) is 0 Å². The highest BCUT2D eigenvalue weighted by molar-refractivity contribution is 5.53. The summed E-state index contributed by atoms with van der Waals surface area (Å²) in [5, 5.41) is 9.39. The minimum Gasteiger partial charge on any atom is -0.354 e. The molecule has 0 amide bonds. The maximum atomic E-state index is 12.8. The molecule has 2 N–H and O–H groups in total. The average Bonchev–Trinajstić information content (AvgIpc) is 2.74. The summed E-state index contributed by atoms with van der Waals surface area (Å²) in [4.78, 5) is 7.39. The number of aryl methyl sites for hydroxylation is 1. The van der Waals surface area contributed by atoms with Crippen molar-refractivity contribution in [3.05, 3.63) is 24.0 Å². The van der Waals surface area contributed by atoms with Gasteiger partial charge < -0.3 is 10.6 Å². The van der Waals surface area contributed by atoms with Gasteiger partial charge in [0.15, 0.2) is 11.5 Å². The summed E-state index contributed by atoms with van der Waals surface area (Å²) in [6.45, 7) is 2.17. The second-order valence-corrected chi connectivity index (χ2v) is 3.99. The van der Waals surface area contributed by atoms with E-state index < -0.39 is 11.9 Å². The molecule has 2 aromatic rings. The van der Waals surface area contributed by atoms with Crippen molar-refractivity contribution in [1.29, 1.82) is 0 Å². The molecule has 0 bridgehead atoms. The highest BCUT2D eigenvalue weighted by atomic mass is 19.4. The molecule has 2 aromatic heterocycles. The van der Waals surface area contributed by atoms with Gasteiger partial charge in [-0.3, -0.25) is 4.68 Å². The van der Waals surface area contributed by atoms with Crippen molar-refractivity contribution < 1.29 is 13.2 Å². The molecule has 6 nitrogen and oxygen atoms in total. The Bertz CT molecular complexity index is 592. The van der Waals surface area contributed by atoms with E-state index in [0.29, 0.717) is 12.4 Å². The first-order valence-electron chi connectivity index (χ1n) is 5.85. The lowest BCUT2D eigenvalue weighted by Gasteiger charge is -2.11. The van der Waals surface area contributed by atoms with E-state index >= 15 is 0 Å². The molecular formula is C11H13F3N6. The lowest BCUT2D eigenvalue weighted by Crippen LogP contribution is -2.13. The van der Waals surface area contributed by atoms with Crippen LogP contribution < -0.4 is 10.6 Å². The predicted molar refractivity (Wildman–Crippen MR) is 67.7 cm³/mol. The van der Waals surface area contributed by atoms with Gasteiger partial charge in [0.1, 0.15) is 5.82 Å². The van der Waals surface area contributed by atoms with E-state index in [1.807, 2.05) is 0 Å². The molecule has 0 atom stereocenters. The standard InChI is InChI=1S/C11H13F3N6/c1-3-15-10-16-7(11(12,13)14)6-9(18-10)17-8-4-5-20(2)19-8/h4-6H,3H2,1-2H3,(H2,15,16,17,18,19). The van der Waals surface area contributed by atoms with Crippen molar-refractivity contribution in [2.24, 2.45) is 7.05 Å². The Balaban J connectivity index is 2.33. The Morgan fingerprint density at radius 2 is 2.00 bits per heavy atom. The molecule has 0 aromatic carbocycles. The molecule has 2 rings (SSSR count). The van der Waals surface area contributed by atoms with E-state index in [1.165, 1.54) is 4.68 Å². The van der Waals surface area contributed by atoms with E-state index in [1.54, 1.807) is 26.2 Å². The van der Waals surface area contributed by atoms with Crippen LogP contribution in [0.1, 0.15) is 12.6 Å². The second-order valence-electron chi connectivity index (χ2n) is 3.99. The zero-order chi connectivity index (χ0) is 14.8. The fraction of sp³-hybridized carbons (Fsp3) is 0.364. The third-order valence-corrected chi connectivity index (χ3v) is 2.32. The highest BCUT2D eigenvalue weighted by Crippen LogP contribution is 2.30. The average molecular weight is 286 g/mol. The van der Waals surface area contributed by atoms with E-state index in [9.17, 15) is 13.2 Å². The lowest BCUT2D eigenvalue weighted by molar-refractivity contribution is -0.141. The van der Waals surface area contributed by atoms with Crippen molar-refractivity contribution in [2.45, 2.75) is 13.1 Å². The number of rotatable bonds is 4. The zero-order valence-corrected chi connectivity index (χ0v) is 10.9. The summed E-state index contributed by atoms with van der Waals surface area (Å²) < 4.78 is 39.8. The van der Waals surface area contributed by atoms with E-state index in [2.05, 4.69) is 25.7 Å². The van der Waals surface area contributed by atoms with Gasteiger partial charge in [0.05, 0.1) is 0 Å². The van der Waals surface area contributed by atoms with Gasteiger partial charge in [0.2, 0.25) is 5.95 Å². The molecule has 0 saturated heterocycles. The third kappa shape index (κ3) is 3.37. The Labute approximate surface area is 113 Å². The van der Waals surface area contributed by atoms with Crippen LogP contribution in [0.2, 0.25) is 0 Å². The van der Waals surface area contributed by atoms with Gasteiger partial charge in [0.25, 0.3) is 0 Å². The number of hydrogen-bond acceptors (Lipinski definition) is 5. The molecule has 0 radical (unpaired) electrons. The van der Waals surface area contributed by atoms with Crippen LogP contribution in [-0.4, -0.2) is 26.3 Å². The van der Waals surface area contributed by atoms with Crippen molar-refractivity contribution in [3.63, 3.8) is 0 Å². The zero-order valence-electron chi connectivity index (χ0n) is 10.9. The summed E-state index contributed by atoms with van der Waals surface area (Å²) >= 11 is 0. The predicted octanol–water partition coefficient (Wildman–Crippen LogP) is 2.40. The Morgan fingerprint density at radius 1 is 1.25 bits per heavy atom. The van der Waals surface area contributed by atoms with E-state index in [0.717, 1.165) is 6.07 Å². The Hall–Kier alpha value is -2.32. The number of halogens is 3. The van der Waals surface area contributed by atoms with Crippen molar-refractivity contribution in [2.75, 3.05) is 17.2 Å². The number of anilines is 3. The van der Waals surface area contributed by atoms with Crippen LogP contribution in [0.25, 0.3) is 0 Å². The molecule has 0 fully saturated rings. The molecule has 20 heavy (non-hydrogen) atoms. The van der Waals surface area contributed by atoms with Crippen LogP contribution in [0, 0.1) is 0 Å². The van der Waals surface area contributed by atoms with Crippen molar-refractivity contribution >= 4 is 17.6 Å². The van der Waals surface area contributed by atoms with Crippen molar-refractivity contribution in [1.82, 2.24) is 19.7 Å². The Kier molecular flexibility index (Phi) is 3.77. The maximum absolute atomic E-state index is 12.8. The molecule has 9 heteroatoms. The highest BCUT2D eigenvalue weighted by Gasteiger charge is 2.33. The van der Waals surface area contributed by atoms with Gasteiger partial charge in [0, 0.05) is 31.9 Å². The molecular weight excluding hydrogens is 273 g/mol. The first-order chi connectivity index (χ1) is 9.38. The van der Waals surface area contributed by atoms with Gasteiger partial charge in [-0.1, -0.05) is 0 Å². The molecule has 0 saturated carbocycles. The van der Waals surface area contributed by atoms with Crippen LogP contribution in [0.5, 0.6) is 0 Å². The van der Waals surface area contributed by atoms with Crippen LogP contribution in [0.4, 0.5) is 30.8 Å². The fourth-order valence-corrected chi connectivity index (χ4v) is 1.51. The summed E-state index contributed by atoms with van der Waals surface area (Å²) in [7, 11) is 1.70. The van der Waals surface area contributed by atoms with E-state index in [4.69, 9.17) is 0 Å². The van der Waals surface area contributed by atoms with Gasteiger partial charge in [-0.15, -0.1) is 0 Å². The summed E-state index contributed by atoms with van der Waals surface area (Å²) in [6.07, 6.45) is -2.87. The monoisotopic (exact) mass is 286 g/mol. The largest absolute Gasteiger partial charge is 0.433 e. The number of nitrogens with one attached hydrogen (secondary N) is 2. The van der Waals surface area contributed by atoms with Crippen LogP contribution in [-0.2, 0) is 13.2 Å². The summed E-state index contributed by atoms with van der Waals surface area (Å²) in [5.41, 5.74) is -1.01. The fourth-order valence-electron chi connectivity index (χ4n) is 1.51. The molecule has 0 aliphatic heterocycles. The first kappa shape index (κ1) is 14.1. The lowest BCUT2D eigenvalue weighted by atomic mass is 10.3.